The molecular formula is C23H27N3O5. The van der Waals surface area contributed by atoms with E-state index in [-0.39, 0.29) is 18.4 Å². The fourth-order valence-electron chi connectivity index (χ4n) is 3.51. The number of carbonyl (C=O) groups is 2. The first-order valence-electron chi connectivity index (χ1n) is 10.6. The summed E-state index contributed by atoms with van der Waals surface area (Å²) in [7, 11) is 0. The van der Waals surface area contributed by atoms with Crippen molar-refractivity contribution in [3.05, 3.63) is 54.1 Å². The lowest BCUT2D eigenvalue weighted by Crippen LogP contribution is -2.40. The molecule has 8 nitrogen and oxygen atoms in total. The van der Waals surface area contributed by atoms with E-state index in [1.165, 1.54) is 0 Å². The van der Waals surface area contributed by atoms with E-state index >= 15 is 0 Å². The number of carbonyl (C=O) groups excluding carboxylic acids is 2. The van der Waals surface area contributed by atoms with Crippen molar-refractivity contribution >= 4 is 17.5 Å². The highest BCUT2D eigenvalue weighted by Gasteiger charge is 2.27. The van der Waals surface area contributed by atoms with Gasteiger partial charge >= 0.3 is 0 Å². The van der Waals surface area contributed by atoms with E-state index in [4.69, 9.17) is 14.2 Å². The Morgan fingerprint density at radius 1 is 1.00 bits per heavy atom. The fraction of sp³-hybridized carbons (Fsp3) is 0.391. The topological polar surface area (TPSA) is 89.1 Å². The molecular weight excluding hydrogens is 398 g/mol. The summed E-state index contributed by atoms with van der Waals surface area (Å²) in [6.45, 7) is 5.18. The van der Waals surface area contributed by atoms with Crippen LogP contribution in [0.5, 0.6) is 11.5 Å². The van der Waals surface area contributed by atoms with Crippen LogP contribution in [0.2, 0.25) is 0 Å². The molecule has 0 saturated carbocycles. The molecule has 1 saturated heterocycles. The molecule has 1 atom stereocenters. The zero-order chi connectivity index (χ0) is 21.5. The lowest BCUT2D eigenvalue weighted by molar-refractivity contribution is -0.125. The Hall–Kier alpha value is -3.10. The molecule has 2 N–H and O–H groups in total. The standard InChI is InChI=1S/C23H27N3O5/c27-22(24-10-3-11-26-12-14-29-15-13-26)17-6-8-18(9-7-17)25-23(28)21-16-30-19-4-1-2-5-20(19)31-21/h1-2,4-9,21H,3,10-16H2,(H,24,27)(H,25,28)/t21-/m1/s1. The molecule has 0 aromatic heterocycles. The zero-order valence-corrected chi connectivity index (χ0v) is 17.3. The minimum absolute atomic E-state index is 0.125. The van der Waals surface area contributed by atoms with Crippen LogP contribution in [-0.2, 0) is 9.53 Å². The first kappa shape index (κ1) is 21.1. The van der Waals surface area contributed by atoms with E-state index in [0.29, 0.717) is 29.3 Å². The minimum atomic E-state index is -0.732. The van der Waals surface area contributed by atoms with Gasteiger partial charge < -0.3 is 24.8 Å². The molecule has 4 rings (SSSR count). The number of anilines is 1. The molecule has 2 amide bonds. The Morgan fingerprint density at radius 2 is 1.74 bits per heavy atom. The SMILES string of the molecule is O=C(NCCCN1CCOCC1)c1ccc(NC(=O)[C@H]2COc3ccccc3O2)cc1. The van der Waals surface area contributed by atoms with E-state index in [1.807, 2.05) is 12.1 Å². The van der Waals surface area contributed by atoms with E-state index in [9.17, 15) is 9.59 Å². The number of amides is 2. The summed E-state index contributed by atoms with van der Waals surface area (Å²) in [5.74, 6) is 0.761. The molecule has 0 spiro atoms. The molecule has 2 heterocycles. The molecule has 2 aromatic carbocycles. The van der Waals surface area contributed by atoms with Crippen molar-refractivity contribution in [2.24, 2.45) is 0 Å². The predicted octanol–water partition coefficient (Wildman–Crippen LogP) is 1.92. The van der Waals surface area contributed by atoms with Crippen LogP contribution in [0.1, 0.15) is 16.8 Å². The molecule has 2 aliphatic rings. The van der Waals surface area contributed by atoms with Crippen molar-refractivity contribution in [2.45, 2.75) is 12.5 Å². The van der Waals surface area contributed by atoms with Crippen LogP contribution in [-0.4, -0.2) is 68.8 Å². The van der Waals surface area contributed by atoms with E-state index < -0.39 is 6.10 Å². The lowest BCUT2D eigenvalue weighted by Gasteiger charge is -2.26. The van der Waals surface area contributed by atoms with Gasteiger partial charge in [-0.15, -0.1) is 0 Å². The molecule has 1 fully saturated rings. The summed E-state index contributed by atoms with van der Waals surface area (Å²) < 4.78 is 16.6. The van der Waals surface area contributed by atoms with Crippen LogP contribution < -0.4 is 20.1 Å². The van der Waals surface area contributed by atoms with Crippen molar-refractivity contribution in [3.8, 4) is 11.5 Å². The Labute approximate surface area is 181 Å². The Bertz CT molecular complexity index is 896. The molecule has 0 unspecified atom stereocenters. The number of benzene rings is 2. The molecule has 2 aliphatic heterocycles. The summed E-state index contributed by atoms with van der Waals surface area (Å²) in [6, 6.07) is 14.1. The van der Waals surface area contributed by atoms with Gasteiger partial charge in [0.2, 0.25) is 6.10 Å². The third-order valence-electron chi connectivity index (χ3n) is 5.26. The van der Waals surface area contributed by atoms with Crippen molar-refractivity contribution < 1.29 is 23.8 Å². The molecule has 31 heavy (non-hydrogen) atoms. The van der Waals surface area contributed by atoms with Gasteiger partial charge in [-0.25, -0.2) is 0 Å². The number of hydrogen-bond donors (Lipinski definition) is 2. The normalized spacial score (nSPS) is 18.3. The summed E-state index contributed by atoms with van der Waals surface area (Å²) >= 11 is 0. The van der Waals surface area contributed by atoms with Crippen molar-refractivity contribution in [1.82, 2.24) is 10.2 Å². The average molecular weight is 425 g/mol. The largest absolute Gasteiger partial charge is 0.485 e. The highest BCUT2D eigenvalue weighted by molar-refractivity contribution is 5.97. The molecule has 0 aliphatic carbocycles. The van der Waals surface area contributed by atoms with Gasteiger partial charge in [-0.2, -0.15) is 0 Å². The average Bonchev–Trinajstić information content (AvgIpc) is 2.82. The zero-order valence-electron chi connectivity index (χ0n) is 17.3. The predicted molar refractivity (Wildman–Crippen MR) is 116 cm³/mol. The molecule has 2 aromatic rings. The van der Waals surface area contributed by atoms with E-state index in [0.717, 1.165) is 39.3 Å². The van der Waals surface area contributed by atoms with Gasteiger partial charge in [0, 0.05) is 30.9 Å². The number of fused-ring (bicyclic) bond motifs is 1. The Kier molecular flexibility index (Phi) is 7.01. The van der Waals surface area contributed by atoms with E-state index in [1.54, 1.807) is 36.4 Å². The molecule has 0 radical (unpaired) electrons. The number of hydrogen-bond acceptors (Lipinski definition) is 6. The maximum Gasteiger partial charge on any atom is 0.269 e. The summed E-state index contributed by atoms with van der Waals surface area (Å²) in [4.78, 5) is 27.2. The second kappa shape index (κ2) is 10.3. The van der Waals surface area contributed by atoms with Crippen LogP contribution in [0.3, 0.4) is 0 Å². The Balaban J connectivity index is 1.21. The van der Waals surface area contributed by atoms with Gasteiger partial charge in [0.15, 0.2) is 11.5 Å². The van der Waals surface area contributed by atoms with Gasteiger partial charge in [0.1, 0.15) is 6.61 Å². The van der Waals surface area contributed by atoms with Crippen molar-refractivity contribution in [2.75, 3.05) is 51.3 Å². The number of morpholine rings is 1. The van der Waals surface area contributed by atoms with Gasteiger partial charge in [-0.1, -0.05) is 12.1 Å². The van der Waals surface area contributed by atoms with Crippen LogP contribution in [0.15, 0.2) is 48.5 Å². The summed E-state index contributed by atoms with van der Waals surface area (Å²) in [5.41, 5.74) is 1.15. The smallest absolute Gasteiger partial charge is 0.269 e. The molecule has 164 valence electrons. The maximum atomic E-state index is 12.5. The van der Waals surface area contributed by atoms with Gasteiger partial charge in [-0.05, 0) is 49.4 Å². The van der Waals surface area contributed by atoms with Crippen LogP contribution >= 0.6 is 0 Å². The fourth-order valence-corrected chi connectivity index (χ4v) is 3.51. The van der Waals surface area contributed by atoms with Crippen LogP contribution in [0.25, 0.3) is 0 Å². The number of ether oxygens (including phenoxy) is 3. The van der Waals surface area contributed by atoms with Gasteiger partial charge in [0.25, 0.3) is 11.8 Å². The summed E-state index contributed by atoms with van der Waals surface area (Å²) in [6.07, 6.45) is 0.163. The van der Waals surface area contributed by atoms with Gasteiger partial charge in [-0.3, -0.25) is 14.5 Å². The second-order valence-corrected chi connectivity index (χ2v) is 7.49. The second-order valence-electron chi connectivity index (χ2n) is 7.49. The number of nitrogens with zero attached hydrogens (tertiary/aromatic N) is 1. The van der Waals surface area contributed by atoms with Crippen molar-refractivity contribution in [3.63, 3.8) is 0 Å². The maximum absolute atomic E-state index is 12.5. The van der Waals surface area contributed by atoms with E-state index in [2.05, 4.69) is 15.5 Å². The molecule has 8 heteroatoms. The highest BCUT2D eigenvalue weighted by Crippen LogP contribution is 2.31. The van der Waals surface area contributed by atoms with Crippen LogP contribution in [0, 0.1) is 0 Å². The number of nitrogens with one attached hydrogen (secondary N) is 2. The monoisotopic (exact) mass is 425 g/mol. The van der Waals surface area contributed by atoms with Gasteiger partial charge in [0.05, 0.1) is 13.2 Å². The number of rotatable bonds is 7. The van der Waals surface area contributed by atoms with Crippen molar-refractivity contribution in [1.29, 1.82) is 0 Å². The number of para-hydroxylation sites is 2. The highest BCUT2D eigenvalue weighted by atomic mass is 16.6. The van der Waals surface area contributed by atoms with Crippen LogP contribution in [0.4, 0.5) is 5.69 Å². The Morgan fingerprint density at radius 3 is 2.52 bits per heavy atom. The summed E-state index contributed by atoms with van der Waals surface area (Å²) in [5, 5.41) is 5.75. The molecule has 0 bridgehead atoms. The minimum Gasteiger partial charge on any atom is -0.485 e. The third kappa shape index (κ3) is 5.74. The third-order valence-corrected chi connectivity index (χ3v) is 5.26. The first-order chi connectivity index (χ1) is 15.2. The first-order valence-corrected chi connectivity index (χ1v) is 10.6. The lowest BCUT2D eigenvalue weighted by atomic mass is 10.2. The quantitative estimate of drug-likeness (QED) is 0.659.